The van der Waals surface area contributed by atoms with E-state index in [1.54, 1.807) is 6.21 Å². The van der Waals surface area contributed by atoms with Gasteiger partial charge in [0.2, 0.25) is 0 Å². The summed E-state index contributed by atoms with van der Waals surface area (Å²) >= 11 is 0. The standard InChI is InChI=1S/C19H21NO/c1-14-4-7-17(8-5-14)12-20-13-19(21)11-18-9-6-15(2)10-16(18)3/h4-10,12H,11,13H2,1-3H3. The van der Waals surface area contributed by atoms with Crippen LogP contribution in [0.4, 0.5) is 0 Å². The second-order valence-electron chi connectivity index (χ2n) is 5.53. The minimum atomic E-state index is 0.144. The highest BCUT2D eigenvalue weighted by Crippen LogP contribution is 2.11. The summed E-state index contributed by atoms with van der Waals surface area (Å²) in [6.07, 6.45) is 2.22. The number of carbonyl (C=O) groups excluding carboxylic acids is 1. The fraction of sp³-hybridized carbons (Fsp3) is 0.263. The van der Waals surface area contributed by atoms with Crippen molar-refractivity contribution in [2.45, 2.75) is 27.2 Å². The van der Waals surface area contributed by atoms with Gasteiger partial charge in [-0.3, -0.25) is 9.79 Å². The molecule has 2 nitrogen and oxygen atoms in total. The zero-order valence-electron chi connectivity index (χ0n) is 12.9. The van der Waals surface area contributed by atoms with E-state index in [0.717, 1.165) is 11.1 Å². The molecule has 0 spiro atoms. The van der Waals surface area contributed by atoms with E-state index in [0.29, 0.717) is 6.42 Å². The Kier molecular flexibility index (Phi) is 5.04. The van der Waals surface area contributed by atoms with Crippen molar-refractivity contribution in [1.29, 1.82) is 0 Å². The highest BCUT2D eigenvalue weighted by molar-refractivity contribution is 5.86. The van der Waals surface area contributed by atoms with Gasteiger partial charge >= 0.3 is 0 Å². The molecule has 2 rings (SSSR count). The molecule has 0 aliphatic rings. The molecule has 0 atom stereocenters. The fourth-order valence-corrected chi connectivity index (χ4v) is 2.22. The van der Waals surface area contributed by atoms with Crippen LogP contribution in [-0.4, -0.2) is 18.5 Å². The summed E-state index contributed by atoms with van der Waals surface area (Å²) in [5.41, 5.74) is 5.74. The topological polar surface area (TPSA) is 29.4 Å². The molecule has 21 heavy (non-hydrogen) atoms. The average molecular weight is 279 g/mol. The van der Waals surface area contributed by atoms with Gasteiger partial charge in [-0.2, -0.15) is 0 Å². The van der Waals surface area contributed by atoms with Crippen molar-refractivity contribution < 1.29 is 4.79 Å². The van der Waals surface area contributed by atoms with Crippen LogP contribution >= 0.6 is 0 Å². The first kappa shape index (κ1) is 15.2. The Labute approximate surface area is 126 Å². The molecule has 2 aromatic rings. The Hall–Kier alpha value is -2.22. The van der Waals surface area contributed by atoms with Gasteiger partial charge in [-0.25, -0.2) is 0 Å². The lowest BCUT2D eigenvalue weighted by molar-refractivity contribution is -0.117. The van der Waals surface area contributed by atoms with Crippen LogP contribution in [0.15, 0.2) is 47.5 Å². The Morgan fingerprint density at radius 1 is 1.00 bits per heavy atom. The maximum absolute atomic E-state index is 12.0. The molecule has 0 heterocycles. The quantitative estimate of drug-likeness (QED) is 0.765. The van der Waals surface area contributed by atoms with Crippen molar-refractivity contribution in [3.8, 4) is 0 Å². The average Bonchev–Trinajstić information content (AvgIpc) is 2.44. The number of nitrogens with zero attached hydrogens (tertiary/aromatic N) is 1. The van der Waals surface area contributed by atoms with Crippen LogP contribution in [0.2, 0.25) is 0 Å². The first-order valence-corrected chi connectivity index (χ1v) is 7.19. The van der Waals surface area contributed by atoms with E-state index < -0.39 is 0 Å². The molecule has 0 fully saturated rings. The number of Topliss-reactive ketones (excluding diaryl/α,β-unsaturated/α-hetero) is 1. The number of hydrogen-bond acceptors (Lipinski definition) is 2. The third-order valence-corrected chi connectivity index (χ3v) is 3.47. The molecule has 0 amide bonds. The summed E-state index contributed by atoms with van der Waals surface area (Å²) in [6, 6.07) is 14.3. The van der Waals surface area contributed by atoms with E-state index in [9.17, 15) is 4.79 Å². The molecule has 0 aliphatic heterocycles. The molecule has 0 aromatic heterocycles. The predicted molar refractivity (Wildman–Crippen MR) is 88.3 cm³/mol. The first-order valence-electron chi connectivity index (χ1n) is 7.19. The maximum atomic E-state index is 12.0. The van der Waals surface area contributed by atoms with Crippen LogP contribution in [0.1, 0.15) is 27.8 Å². The van der Waals surface area contributed by atoms with Gasteiger partial charge < -0.3 is 0 Å². The maximum Gasteiger partial charge on any atom is 0.158 e. The van der Waals surface area contributed by atoms with Crippen molar-refractivity contribution in [3.63, 3.8) is 0 Å². The lowest BCUT2D eigenvalue weighted by Gasteiger charge is -2.05. The number of hydrogen-bond donors (Lipinski definition) is 0. The van der Waals surface area contributed by atoms with Crippen LogP contribution < -0.4 is 0 Å². The lowest BCUT2D eigenvalue weighted by Crippen LogP contribution is -2.08. The van der Waals surface area contributed by atoms with Crippen LogP contribution in [0.5, 0.6) is 0 Å². The van der Waals surface area contributed by atoms with E-state index in [4.69, 9.17) is 0 Å². The number of benzene rings is 2. The third kappa shape index (κ3) is 4.67. The molecule has 0 aliphatic carbocycles. The molecule has 2 heteroatoms. The number of aryl methyl sites for hydroxylation is 3. The summed E-state index contributed by atoms with van der Waals surface area (Å²) in [5.74, 6) is 0.144. The lowest BCUT2D eigenvalue weighted by atomic mass is 10.0. The highest BCUT2D eigenvalue weighted by atomic mass is 16.1. The van der Waals surface area contributed by atoms with E-state index in [1.807, 2.05) is 50.2 Å². The van der Waals surface area contributed by atoms with Crippen LogP contribution in [0.25, 0.3) is 0 Å². The van der Waals surface area contributed by atoms with E-state index in [-0.39, 0.29) is 12.3 Å². The van der Waals surface area contributed by atoms with Gasteiger partial charge in [0.05, 0.1) is 6.54 Å². The van der Waals surface area contributed by atoms with E-state index >= 15 is 0 Å². The summed E-state index contributed by atoms with van der Waals surface area (Å²) in [4.78, 5) is 16.2. The monoisotopic (exact) mass is 279 g/mol. The van der Waals surface area contributed by atoms with Gasteiger partial charge in [-0.05, 0) is 37.5 Å². The van der Waals surface area contributed by atoms with Gasteiger partial charge in [0, 0.05) is 12.6 Å². The van der Waals surface area contributed by atoms with E-state index in [1.165, 1.54) is 16.7 Å². The molecule has 0 N–H and O–H groups in total. The molecular weight excluding hydrogens is 258 g/mol. The van der Waals surface area contributed by atoms with Crippen molar-refractivity contribution in [2.75, 3.05) is 6.54 Å². The van der Waals surface area contributed by atoms with Crippen molar-refractivity contribution in [3.05, 3.63) is 70.3 Å². The SMILES string of the molecule is Cc1ccc(C=NCC(=O)Cc2ccc(C)cc2C)cc1. The summed E-state index contributed by atoms with van der Waals surface area (Å²) < 4.78 is 0. The minimum Gasteiger partial charge on any atom is -0.297 e. The van der Waals surface area contributed by atoms with Crippen molar-refractivity contribution >= 4 is 12.0 Å². The van der Waals surface area contributed by atoms with Gasteiger partial charge in [-0.15, -0.1) is 0 Å². The molecule has 0 unspecified atom stereocenters. The second-order valence-corrected chi connectivity index (χ2v) is 5.53. The number of rotatable bonds is 5. The fourth-order valence-electron chi connectivity index (χ4n) is 2.22. The van der Waals surface area contributed by atoms with Gasteiger partial charge in [0.25, 0.3) is 0 Å². The van der Waals surface area contributed by atoms with Crippen LogP contribution in [0.3, 0.4) is 0 Å². The molecule has 0 radical (unpaired) electrons. The summed E-state index contributed by atoms with van der Waals surface area (Å²) in [5, 5.41) is 0. The van der Waals surface area contributed by atoms with Crippen molar-refractivity contribution in [2.24, 2.45) is 4.99 Å². The molecule has 108 valence electrons. The molecule has 0 saturated carbocycles. The third-order valence-electron chi connectivity index (χ3n) is 3.47. The highest BCUT2D eigenvalue weighted by Gasteiger charge is 2.05. The van der Waals surface area contributed by atoms with Gasteiger partial charge in [0.1, 0.15) is 0 Å². The Bertz CT molecular complexity index is 654. The predicted octanol–water partition coefficient (Wildman–Crippen LogP) is 3.84. The zero-order chi connectivity index (χ0) is 15.2. The molecule has 2 aromatic carbocycles. The van der Waals surface area contributed by atoms with Crippen LogP contribution in [-0.2, 0) is 11.2 Å². The number of aliphatic imine (C=N–C) groups is 1. The van der Waals surface area contributed by atoms with Gasteiger partial charge in [-0.1, -0.05) is 53.6 Å². The normalized spacial score (nSPS) is 11.0. The zero-order valence-corrected chi connectivity index (χ0v) is 12.9. The number of ketones is 1. The smallest absolute Gasteiger partial charge is 0.158 e. The summed E-state index contributed by atoms with van der Waals surface area (Å²) in [6.45, 7) is 6.39. The van der Waals surface area contributed by atoms with Gasteiger partial charge in [0.15, 0.2) is 5.78 Å². The summed E-state index contributed by atoms with van der Waals surface area (Å²) in [7, 11) is 0. The Morgan fingerprint density at radius 2 is 1.67 bits per heavy atom. The Balaban J connectivity index is 1.91. The Morgan fingerprint density at radius 3 is 2.33 bits per heavy atom. The van der Waals surface area contributed by atoms with Crippen LogP contribution in [0, 0.1) is 20.8 Å². The second kappa shape index (κ2) is 6.98. The van der Waals surface area contributed by atoms with E-state index in [2.05, 4.69) is 18.0 Å². The first-order chi connectivity index (χ1) is 10.0. The van der Waals surface area contributed by atoms with Crippen molar-refractivity contribution in [1.82, 2.24) is 0 Å². The largest absolute Gasteiger partial charge is 0.297 e. The molecule has 0 bridgehead atoms. The molecular formula is C19H21NO. The molecule has 0 saturated heterocycles. The number of carbonyl (C=O) groups is 1. The minimum absolute atomic E-state index is 0.144.